The zero-order valence-electron chi connectivity index (χ0n) is 14.6. The van der Waals surface area contributed by atoms with E-state index in [-0.39, 0.29) is 11.7 Å². The van der Waals surface area contributed by atoms with E-state index in [1.807, 2.05) is 26.8 Å². The van der Waals surface area contributed by atoms with E-state index in [1.165, 1.54) is 4.80 Å². The number of aryl methyl sites for hydroxylation is 2. The Kier molecular flexibility index (Phi) is 4.70. The monoisotopic (exact) mass is 339 g/mol. The Balaban J connectivity index is 1.93. The van der Waals surface area contributed by atoms with E-state index in [2.05, 4.69) is 10.2 Å². The zero-order chi connectivity index (χ0) is 18.0. The minimum Gasteiger partial charge on any atom is -0.506 e. The van der Waals surface area contributed by atoms with Crippen LogP contribution in [0.2, 0.25) is 0 Å². The van der Waals surface area contributed by atoms with Crippen molar-refractivity contribution in [1.82, 2.24) is 15.0 Å². The molecule has 0 radical (unpaired) electrons. The lowest BCUT2D eigenvalue weighted by Gasteiger charge is -2.06. The van der Waals surface area contributed by atoms with Gasteiger partial charge in [-0.2, -0.15) is 0 Å². The van der Waals surface area contributed by atoms with Crippen LogP contribution in [0, 0.1) is 13.8 Å². The second kappa shape index (κ2) is 6.93. The lowest BCUT2D eigenvalue weighted by Crippen LogP contribution is -2.06. The Bertz CT molecular complexity index is 931. The first-order valence-electron chi connectivity index (χ1n) is 8.34. The number of carbonyl (C=O) groups is 1. The molecule has 0 unspecified atom stereocenters. The number of fused-ring (bicyclic) bond motifs is 1. The molecular weight excluding hydrogens is 318 g/mol. The Hall–Kier alpha value is -2.89. The molecule has 0 saturated heterocycles. The van der Waals surface area contributed by atoms with Crippen molar-refractivity contribution in [2.75, 3.05) is 6.61 Å². The number of esters is 1. The quantitative estimate of drug-likeness (QED) is 0.566. The van der Waals surface area contributed by atoms with E-state index in [1.54, 1.807) is 24.3 Å². The van der Waals surface area contributed by atoms with Crippen LogP contribution in [-0.2, 0) is 4.74 Å². The minimum atomic E-state index is -0.362. The molecule has 0 aliphatic heterocycles. The summed E-state index contributed by atoms with van der Waals surface area (Å²) in [5, 5.41) is 19.0. The molecule has 0 fully saturated rings. The molecule has 3 aromatic rings. The van der Waals surface area contributed by atoms with E-state index >= 15 is 0 Å². The van der Waals surface area contributed by atoms with Crippen molar-refractivity contribution >= 4 is 17.0 Å². The number of aromatic nitrogens is 3. The van der Waals surface area contributed by atoms with Crippen LogP contribution in [-0.4, -0.2) is 32.7 Å². The van der Waals surface area contributed by atoms with Gasteiger partial charge in [-0.3, -0.25) is 0 Å². The van der Waals surface area contributed by atoms with Crippen molar-refractivity contribution in [3.05, 3.63) is 47.0 Å². The summed E-state index contributed by atoms with van der Waals surface area (Å²) >= 11 is 0. The Morgan fingerprint density at radius 1 is 1.12 bits per heavy atom. The summed E-state index contributed by atoms with van der Waals surface area (Å²) < 4.78 is 5.22. The standard InChI is InChI=1S/C19H21N3O3/c1-4-5-8-25-19(24)14-6-7-15-16(11-14)21-22(20-15)17-9-12(2)13(3)10-18(17)23/h6-7,9-11,23H,4-5,8H2,1-3H3. The number of aromatic hydroxyl groups is 1. The summed E-state index contributed by atoms with van der Waals surface area (Å²) in [6.07, 6.45) is 1.82. The highest BCUT2D eigenvalue weighted by molar-refractivity contribution is 5.93. The van der Waals surface area contributed by atoms with Gasteiger partial charge in [0.2, 0.25) is 0 Å². The number of nitrogens with zero attached hydrogens (tertiary/aromatic N) is 3. The fraction of sp³-hybridized carbons (Fsp3) is 0.316. The number of unbranched alkanes of at least 4 members (excludes halogenated alkanes) is 1. The Morgan fingerprint density at radius 2 is 1.84 bits per heavy atom. The smallest absolute Gasteiger partial charge is 0.338 e. The molecule has 0 aliphatic carbocycles. The molecule has 1 aromatic heterocycles. The third kappa shape index (κ3) is 3.47. The number of phenolic OH excluding ortho intramolecular Hbond substituents is 1. The van der Waals surface area contributed by atoms with Crippen molar-refractivity contribution in [1.29, 1.82) is 0 Å². The molecule has 2 aromatic carbocycles. The maximum atomic E-state index is 12.1. The van der Waals surface area contributed by atoms with Gasteiger partial charge in [0.1, 0.15) is 22.5 Å². The summed E-state index contributed by atoms with van der Waals surface area (Å²) in [5.74, 6) is -0.249. The van der Waals surface area contributed by atoms with Crippen LogP contribution in [0.15, 0.2) is 30.3 Å². The topological polar surface area (TPSA) is 77.2 Å². The predicted molar refractivity (Wildman–Crippen MR) is 95.2 cm³/mol. The molecule has 0 saturated carbocycles. The van der Waals surface area contributed by atoms with Crippen LogP contribution in [0.25, 0.3) is 16.7 Å². The van der Waals surface area contributed by atoms with E-state index in [4.69, 9.17) is 4.74 Å². The fourth-order valence-electron chi connectivity index (χ4n) is 2.49. The van der Waals surface area contributed by atoms with Gasteiger partial charge in [0.25, 0.3) is 0 Å². The summed E-state index contributed by atoms with van der Waals surface area (Å²) in [6, 6.07) is 8.59. The van der Waals surface area contributed by atoms with Gasteiger partial charge in [-0.25, -0.2) is 4.79 Å². The van der Waals surface area contributed by atoms with Crippen molar-refractivity contribution in [2.45, 2.75) is 33.6 Å². The van der Waals surface area contributed by atoms with E-state index in [0.717, 1.165) is 24.0 Å². The summed E-state index contributed by atoms with van der Waals surface area (Å²) in [4.78, 5) is 13.4. The average molecular weight is 339 g/mol. The molecule has 0 amide bonds. The van der Waals surface area contributed by atoms with Crippen LogP contribution in [0.4, 0.5) is 0 Å². The lowest BCUT2D eigenvalue weighted by molar-refractivity contribution is 0.0500. The molecule has 25 heavy (non-hydrogen) atoms. The first-order valence-corrected chi connectivity index (χ1v) is 8.34. The second-order valence-electron chi connectivity index (χ2n) is 6.11. The number of carbonyl (C=O) groups excluding carboxylic acids is 1. The Labute approximate surface area is 146 Å². The predicted octanol–water partition coefficient (Wildman–Crippen LogP) is 3.70. The van der Waals surface area contributed by atoms with E-state index < -0.39 is 0 Å². The normalized spacial score (nSPS) is 11.0. The lowest BCUT2D eigenvalue weighted by atomic mass is 10.1. The largest absolute Gasteiger partial charge is 0.506 e. The van der Waals surface area contributed by atoms with Crippen molar-refractivity contribution in [3.8, 4) is 11.4 Å². The SMILES string of the molecule is CCCCOC(=O)c1ccc2nn(-c3cc(C)c(C)cc3O)nc2c1. The van der Waals surface area contributed by atoms with Crippen molar-refractivity contribution in [3.63, 3.8) is 0 Å². The third-order valence-electron chi connectivity index (χ3n) is 4.15. The number of hydrogen-bond donors (Lipinski definition) is 1. The zero-order valence-corrected chi connectivity index (χ0v) is 14.6. The average Bonchev–Trinajstić information content (AvgIpc) is 3.01. The van der Waals surface area contributed by atoms with E-state index in [9.17, 15) is 9.90 Å². The van der Waals surface area contributed by atoms with Gasteiger partial charge >= 0.3 is 5.97 Å². The first-order chi connectivity index (χ1) is 12.0. The summed E-state index contributed by atoms with van der Waals surface area (Å²) in [7, 11) is 0. The first kappa shape index (κ1) is 17.0. The minimum absolute atomic E-state index is 0.114. The number of rotatable bonds is 5. The molecular formula is C19H21N3O3. The molecule has 6 nitrogen and oxygen atoms in total. The van der Waals surface area contributed by atoms with Gasteiger partial charge < -0.3 is 9.84 Å². The maximum absolute atomic E-state index is 12.1. The van der Waals surface area contributed by atoms with Gasteiger partial charge in [0, 0.05) is 0 Å². The van der Waals surface area contributed by atoms with Crippen molar-refractivity contribution in [2.24, 2.45) is 0 Å². The summed E-state index contributed by atoms with van der Waals surface area (Å²) in [6.45, 7) is 6.35. The van der Waals surface area contributed by atoms with Crippen LogP contribution in [0.3, 0.4) is 0 Å². The number of ether oxygens (including phenoxy) is 1. The molecule has 3 rings (SSSR count). The van der Waals surface area contributed by atoms with Gasteiger partial charge in [-0.1, -0.05) is 13.3 Å². The highest BCUT2D eigenvalue weighted by Crippen LogP contribution is 2.25. The van der Waals surface area contributed by atoms with Gasteiger partial charge in [0.15, 0.2) is 0 Å². The van der Waals surface area contributed by atoms with Crippen LogP contribution in [0.5, 0.6) is 5.75 Å². The molecule has 0 spiro atoms. The molecule has 6 heteroatoms. The Morgan fingerprint density at radius 3 is 2.60 bits per heavy atom. The van der Waals surface area contributed by atoms with Crippen LogP contribution < -0.4 is 0 Å². The highest BCUT2D eigenvalue weighted by Gasteiger charge is 2.13. The van der Waals surface area contributed by atoms with Gasteiger partial charge in [-0.15, -0.1) is 15.0 Å². The number of benzene rings is 2. The number of hydrogen-bond acceptors (Lipinski definition) is 5. The third-order valence-corrected chi connectivity index (χ3v) is 4.15. The molecule has 0 atom stereocenters. The summed E-state index contributed by atoms with van der Waals surface area (Å²) in [5.41, 5.74) is 4.20. The molecule has 130 valence electrons. The highest BCUT2D eigenvalue weighted by atomic mass is 16.5. The second-order valence-corrected chi connectivity index (χ2v) is 6.11. The molecule has 1 heterocycles. The van der Waals surface area contributed by atoms with E-state index in [0.29, 0.717) is 28.9 Å². The van der Waals surface area contributed by atoms with Crippen molar-refractivity contribution < 1.29 is 14.6 Å². The fourth-order valence-corrected chi connectivity index (χ4v) is 2.49. The van der Waals surface area contributed by atoms with Crippen LogP contribution in [0.1, 0.15) is 41.3 Å². The van der Waals surface area contributed by atoms with Gasteiger partial charge in [0.05, 0.1) is 12.2 Å². The van der Waals surface area contributed by atoms with Gasteiger partial charge in [-0.05, 0) is 61.7 Å². The molecule has 0 bridgehead atoms. The maximum Gasteiger partial charge on any atom is 0.338 e. The number of phenols is 1. The molecule has 1 N–H and O–H groups in total. The molecule has 0 aliphatic rings. The van der Waals surface area contributed by atoms with Crippen LogP contribution >= 0.6 is 0 Å².